The van der Waals surface area contributed by atoms with Crippen LogP contribution >= 0.6 is 22.9 Å². The summed E-state index contributed by atoms with van der Waals surface area (Å²) in [5, 5.41) is 2.92. The van der Waals surface area contributed by atoms with Crippen LogP contribution in [0.15, 0.2) is 23.6 Å². The quantitative estimate of drug-likeness (QED) is 0.770. The van der Waals surface area contributed by atoms with Crippen molar-refractivity contribution >= 4 is 22.9 Å². The van der Waals surface area contributed by atoms with Crippen molar-refractivity contribution in [3.05, 3.63) is 28.6 Å². The number of alkyl halides is 1. The fourth-order valence-corrected chi connectivity index (χ4v) is 2.46. The molecular weight excluding hydrogens is 246 g/mol. The first-order chi connectivity index (χ1) is 7.86. The van der Waals surface area contributed by atoms with Gasteiger partial charge in [-0.3, -0.25) is 0 Å². The van der Waals surface area contributed by atoms with Gasteiger partial charge in [-0.05, 0) is 18.2 Å². The summed E-state index contributed by atoms with van der Waals surface area (Å²) in [5.74, 6) is 2.02. The largest absolute Gasteiger partial charge is 0.454 e. The molecule has 0 saturated carbocycles. The molecule has 0 amide bonds. The maximum atomic E-state index is 5.72. The van der Waals surface area contributed by atoms with Crippen molar-refractivity contribution in [3.63, 3.8) is 0 Å². The number of nitrogens with zero attached hydrogens (tertiary/aromatic N) is 1. The molecule has 0 radical (unpaired) electrons. The van der Waals surface area contributed by atoms with Gasteiger partial charge < -0.3 is 9.47 Å². The summed E-state index contributed by atoms with van der Waals surface area (Å²) in [5.41, 5.74) is 1.95. The summed E-state index contributed by atoms with van der Waals surface area (Å²) in [6, 6.07) is 5.81. The Bertz CT molecular complexity index is 526. The molecule has 0 N–H and O–H groups in total. The molecule has 0 fully saturated rings. The monoisotopic (exact) mass is 253 g/mol. The first-order valence-corrected chi connectivity index (χ1v) is 6.18. The van der Waals surface area contributed by atoms with Gasteiger partial charge in [0.05, 0.1) is 11.6 Å². The second kappa shape index (κ2) is 3.96. The standard InChI is InChI=1S/C11H8ClNO2S/c12-4-11-13-8(5-16-11)7-1-2-9-10(3-7)15-6-14-9/h1-3,5H,4,6H2. The van der Waals surface area contributed by atoms with Crippen LogP contribution in [0.1, 0.15) is 5.01 Å². The Kier molecular flexibility index (Phi) is 2.46. The highest BCUT2D eigenvalue weighted by atomic mass is 35.5. The molecule has 0 aliphatic carbocycles. The Balaban J connectivity index is 2.00. The van der Waals surface area contributed by atoms with Gasteiger partial charge in [-0.15, -0.1) is 22.9 Å². The van der Waals surface area contributed by atoms with E-state index in [1.807, 2.05) is 23.6 Å². The molecule has 1 aliphatic rings. The normalized spacial score (nSPS) is 13.1. The lowest BCUT2D eigenvalue weighted by molar-refractivity contribution is 0.174. The zero-order valence-corrected chi connectivity index (χ0v) is 9.85. The van der Waals surface area contributed by atoms with Crippen LogP contribution in [-0.4, -0.2) is 11.8 Å². The van der Waals surface area contributed by atoms with Crippen LogP contribution < -0.4 is 9.47 Å². The van der Waals surface area contributed by atoms with Gasteiger partial charge in [0.1, 0.15) is 5.01 Å². The molecule has 0 atom stereocenters. The molecule has 0 saturated heterocycles. The van der Waals surface area contributed by atoms with Crippen LogP contribution in [0.2, 0.25) is 0 Å². The van der Waals surface area contributed by atoms with E-state index in [1.54, 1.807) is 11.3 Å². The summed E-state index contributed by atoms with van der Waals surface area (Å²) in [6.07, 6.45) is 0. The molecule has 1 aliphatic heterocycles. The van der Waals surface area contributed by atoms with Crippen molar-refractivity contribution in [2.24, 2.45) is 0 Å². The molecule has 0 bridgehead atoms. The first-order valence-electron chi connectivity index (χ1n) is 4.77. The molecule has 5 heteroatoms. The molecule has 3 rings (SSSR count). The van der Waals surface area contributed by atoms with E-state index in [1.165, 1.54) is 0 Å². The van der Waals surface area contributed by atoms with Gasteiger partial charge in [-0.2, -0.15) is 0 Å². The summed E-state index contributed by atoms with van der Waals surface area (Å²) < 4.78 is 10.6. The van der Waals surface area contributed by atoms with E-state index in [-0.39, 0.29) is 0 Å². The predicted molar refractivity (Wildman–Crippen MR) is 63.2 cm³/mol. The number of aromatic nitrogens is 1. The van der Waals surface area contributed by atoms with Crippen LogP contribution in [-0.2, 0) is 5.88 Å². The lowest BCUT2D eigenvalue weighted by Gasteiger charge is -1.99. The molecule has 16 heavy (non-hydrogen) atoms. The van der Waals surface area contributed by atoms with Crippen LogP contribution in [0.3, 0.4) is 0 Å². The van der Waals surface area contributed by atoms with Crippen molar-refractivity contribution in [1.82, 2.24) is 4.98 Å². The van der Waals surface area contributed by atoms with Crippen molar-refractivity contribution in [2.45, 2.75) is 5.88 Å². The lowest BCUT2D eigenvalue weighted by atomic mass is 10.1. The Morgan fingerprint density at radius 2 is 2.19 bits per heavy atom. The van der Waals surface area contributed by atoms with Gasteiger partial charge in [0.2, 0.25) is 6.79 Å². The highest BCUT2D eigenvalue weighted by Gasteiger charge is 2.14. The highest BCUT2D eigenvalue weighted by molar-refractivity contribution is 7.10. The Morgan fingerprint density at radius 1 is 1.31 bits per heavy atom. The number of halogens is 1. The van der Waals surface area contributed by atoms with Gasteiger partial charge >= 0.3 is 0 Å². The summed E-state index contributed by atoms with van der Waals surface area (Å²) >= 11 is 7.29. The third kappa shape index (κ3) is 1.64. The van der Waals surface area contributed by atoms with E-state index in [0.717, 1.165) is 27.8 Å². The number of fused-ring (bicyclic) bond motifs is 1. The number of thiazole rings is 1. The number of ether oxygens (including phenoxy) is 2. The molecule has 0 unspecified atom stereocenters. The van der Waals surface area contributed by atoms with Crippen molar-refractivity contribution < 1.29 is 9.47 Å². The smallest absolute Gasteiger partial charge is 0.231 e. The van der Waals surface area contributed by atoms with Crippen LogP contribution in [0.5, 0.6) is 11.5 Å². The van der Waals surface area contributed by atoms with E-state index in [4.69, 9.17) is 21.1 Å². The second-order valence-electron chi connectivity index (χ2n) is 3.33. The molecule has 0 spiro atoms. The topological polar surface area (TPSA) is 31.4 Å². The molecule has 82 valence electrons. The van der Waals surface area contributed by atoms with Gasteiger partial charge in [-0.1, -0.05) is 0 Å². The second-order valence-corrected chi connectivity index (χ2v) is 4.54. The van der Waals surface area contributed by atoms with E-state index < -0.39 is 0 Å². The van der Waals surface area contributed by atoms with Crippen molar-refractivity contribution in [2.75, 3.05) is 6.79 Å². The highest BCUT2D eigenvalue weighted by Crippen LogP contribution is 2.36. The van der Waals surface area contributed by atoms with E-state index in [2.05, 4.69) is 4.98 Å². The van der Waals surface area contributed by atoms with E-state index in [0.29, 0.717) is 12.7 Å². The zero-order valence-electron chi connectivity index (χ0n) is 8.27. The molecule has 3 nitrogen and oxygen atoms in total. The molecule has 2 aromatic rings. The Labute approximate surface area is 102 Å². The molecule has 1 aromatic carbocycles. The molecular formula is C11H8ClNO2S. The first kappa shape index (κ1) is 9.93. The fraction of sp³-hybridized carbons (Fsp3) is 0.182. The third-order valence-electron chi connectivity index (χ3n) is 2.33. The maximum absolute atomic E-state index is 5.72. The average Bonchev–Trinajstić information content (AvgIpc) is 2.96. The van der Waals surface area contributed by atoms with Gasteiger partial charge in [0.15, 0.2) is 11.5 Å². The van der Waals surface area contributed by atoms with E-state index >= 15 is 0 Å². The minimum Gasteiger partial charge on any atom is -0.454 e. The minimum absolute atomic E-state index is 0.294. The minimum atomic E-state index is 0.294. The maximum Gasteiger partial charge on any atom is 0.231 e. The van der Waals surface area contributed by atoms with Crippen molar-refractivity contribution in [1.29, 1.82) is 0 Å². The van der Waals surface area contributed by atoms with Gasteiger partial charge in [-0.25, -0.2) is 4.98 Å². The van der Waals surface area contributed by atoms with E-state index in [9.17, 15) is 0 Å². The zero-order chi connectivity index (χ0) is 11.0. The van der Waals surface area contributed by atoms with Crippen molar-refractivity contribution in [3.8, 4) is 22.8 Å². The van der Waals surface area contributed by atoms with Gasteiger partial charge in [0.25, 0.3) is 0 Å². The lowest BCUT2D eigenvalue weighted by Crippen LogP contribution is -1.92. The molecule has 1 aromatic heterocycles. The number of rotatable bonds is 2. The Morgan fingerprint density at radius 3 is 3.00 bits per heavy atom. The van der Waals surface area contributed by atoms with Gasteiger partial charge in [0, 0.05) is 10.9 Å². The Hall–Kier alpha value is -1.26. The number of hydrogen-bond acceptors (Lipinski definition) is 4. The van der Waals surface area contributed by atoms with Crippen LogP contribution in [0, 0.1) is 0 Å². The fourth-order valence-electron chi connectivity index (χ4n) is 1.56. The molecule has 2 heterocycles. The van der Waals surface area contributed by atoms with Crippen LogP contribution in [0.4, 0.5) is 0 Å². The summed E-state index contributed by atoms with van der Waals surface area (Å²) in [7, 11) is 0. The third-order valence-corrected chi connectivity index (χ3v) is 3.59. The summed E-state index contributed by atoms with van der Waals surface area (Å²) in [6.45, 7) is 0.294. The van der Waals surface area contributed by atoms with Crippen LogP contribution in [0.25, 0.3) is 11.3 Å². The number of benzene rings is 1. The number of hydrogen-bond donors (Lipinski definition) is 0. The average molecular weight is 254 g/mol. The summed E-state index contributed by atoms with van der Waals surface area (Å²) in [4.78, 5) is 4.41. The predicted octanol–water partition coefficient (Wildman–Crippen LogP) is 3.28. The SMILES string of the molecule is ClCc1nc(-c2ccc3c(c2)OCO3)cs1.